The molecule has 0 aromatic heterocycles. The lowest BCUT2D eigenvalue weighted by Gasteiger charge is -2.18. The van der Waals surface area contributed by atoms with Crippen molar-refractivity contribution in [3.05, 3.63) is 48.0 Å². The average Bonchev–Trinajstić information content (AvgIpc) is 2.65. The van der Waals surface area contributed by atoms with Crippen LogP contribution in [-0.2, 0) is 19.4 Å². The second-order valence-electron chi connectivity index (χ2n) is 6.35. The first-order valence-electron chi connectivity index (χ1n) is 8.39. The molecule has 0 spiro atoms. The number of benzene rings is 2. The second-order valence-corrected chi connectivity index (χ2v) is 9.48. The first kappa shape index (κ1) is 19.4. The minimum atomic E-state index is -3.64. The monoisotopic (exact) mass is 404 g/mol. The minimum absolute atomic E-state index is 0.106. The predicted octanol–water partition coefficient (Wildman–Crippen LogP) is 2.87. The number of carbonyl (C=O) groups is 2. The summed E-state index contributed by atoms with van der Waals surface area (Å²) >= 11 is 1.37. The van der Waals surface area contributed by atoms with E-state index >= 15 is 0 Å². The molecule has 2 amide bonds. The molecule has 1 aliphatic heterocycles. The number of rotatable bonds is 5. The first-order chi connectivity index (χ1) is 12.8. The van der Waals surface area contributed by atoms with Gasteiger partial charge in [-0.25, -0.2) is 8.42 Å². The molecule has 1 heterocycles. The number of nitrogens with zero attached hydrogens (tertiary/aromatic N) is 1. The van der Waals surface area contributed by atoms with E-state index in [1.54, 1.807) is 13.1 Å². The van der Waals surface area contributed by atoms with E-state index in [4.69, 9.17) is 0 Å². The highest BCUT2D eigenvalue weighted by Crippen LogP contribution is 2.33. The summed E-state index contributed by atoms with van der Waals surface area (Å²) in [5.41, 5.74) is 2.30. The van der Waals surface area contributed by atoms with Crippen LogP contribution in [0.15, 0.2) is 52.3 Å². The largest absolute Gasteiger partial charge is 0.324 e. The van der Waals surface area contributed by atoms with Gasteiger partial charge in [0.25, 0.3) is 0 Å². The molecule has 1 aliphatic rings. The van der Waals surface area contributed by atoms with E-state index in [2.05, 4.69) is 5.32 Å². The van der Waals surface area contributed by atoms with Crippen molar-refractivity contribution in [1.29, 1.82) is 0 Å². The van der Waals surface area contributed by atoms with Crippen LogP contribution >= 0.6 is 11.8 Å². The van der Waals surface area contributed by atoms with Crippen molar-refractivity contribution < 1.29 is 18.0 Å². The summed E-state index contributed by atoms with van der Waals surface area (Å²) in [6.45, 7) is 1.96. The number of sulfone groups is 1. The molecule has 0 saturated heterocycles. The Labute approximate surface area is 162 Å². The van der Waals surface area contributed by atoms with Gasteiger partial charge in [0.2, 0.25) is 11.8 Å². The normalized spacial score (nSPS) is 13.6. The van der Waals surface area contributed by atoms with E-state index < -0.39 is 9.84 Å². The summed E-state index contributed by atoms with van der Waals surface area (Å²) in [6, 6.07) is 12.1. The van der Waals surface area contributed by atoms with Gasteiger partial charge in [-0.1, -0.05) is 17.7 Å². The van der Waals surface area contributed by atoms with E-state index in [-0.39, 0.29) is 28.9 Å². The van der Waals surface area contributed by atoms with Crippen LogP contribution in [-0.4, -0.2) is 38.8 Å². The van der Waals surface area contributed by atoms with Crippen molar-refractivity contribution in [2.24, 2.45) is 0 Å². The smallest absolute Gasteiger partial charge is 0.234 e. The van der Waals surface area contributed by atoms with Gasteiger partial charge in [0, 0.05) is 24.1 Å². The van der Waals surface area contributed by atoms with Crippen molar-refractivity contribution in [3.63, 3.8) is 0 Å². The number of anilines is 2. The molecule has 0 radical (unpaired) electrons. The van der Waals surface area contributed by atoms with E-state index in [1.807, 2.05) is 31.2 Å². The zero-order valence-corrected chi connectivity index (χ0v) is 16.7. The third kappa shape index (κ3) is 4.51. The highest BCUT2D eigenvalue weighted by atomic mass is 32.2. The fourth-order valence-corrected chi connectivity index (χ4v) is 4.72. The standard InChI is InChI=1S/C19H20N2O4S2/c1-13-3-5-14(6-4-13)21(2)19(23)9-10-27(24,25)15-7-8-17-16(11-15)20-18(22)12-26-17/h3-8,11H,9-10,12H2,1-2H3,(H,20,22). The molecule has 0 fully saturated rings. The third-order valence-electron chi connectivity index (χ3n) is 4.32. The summed E-state index contributed by atoms with van der Waals surface area (Å²) in [7, 11) is -2.01. The third-order valence-corrected chi connectivity index (χ3v) is 7.11. The fraction of sp³-hybridized carbons (Fsp3) is 0.263. The van der Waals surface area contributed by atoms with E-state index in [0.717, 1.165) is 16.1 Å². The highest BCUT2D eigenvalue weighted by molar-refractivity contribution is 8.00. The molecule has 6 nitrogen and oxygen atoms in total. The first-order valence-corrected chi connectivity index (χ1v) is 11.0. The SMILES string of the molecule is Cc1ccc(N(C)C(=O)CCS(=O)(=O)c2ccc3c(c2)NC(=O)CS3)cc1. The van der Waals surface area contributed by atoms with Crippen molar-refractivity contribution in [2.75, 3.05) is 28.8 Å². The van der Waals surface area contributed by atoms with Gasteiger partial charge < -0.3 is 10.2 Å². The highest BCUT2D eigenvalue weighted by Gasteiger charge is 2.22. The molecule has 0 atom stereocenters. The number of amides is 2. The van der Waals surface area contributed by atoms with Crippen LogP contribution in [0, 0.1) is 6.92 Å². The lowest BCUT2D eigenvalue weighted by Crippen LogP contribution is -2.28. The molecule has 2 aromatic carbocycles. The molecular formula is C19H20N2O4S2. The maximum atomic E-state index is 12.6. The zero-order chi connectivity index (χ0) is 19.6. The van der Waals surface area contributed by atoms with Crippen molar-refractivity contribution in [1.82, 2.24) is 0 Å². The number of hydrogen-bond donors (Lipinski definition) is 1. The van der Waals surface area contributed by atoms with Gasteiger partial charge in [-0.3, -0.25) is 9.59 Å². The van der Waals surface area contributed by atoms with E-state index in [9.17, 15) is 18.0 Å². The van der Waals surface area contributed by atoms with Crippen molar-refractivity contribution in [2.45, 2.75) is 23.1 Å². The number of carbonyl (C=O) groups excluding carboxylic acids is 2. The minimum Gasteiger partial charge on any atom is -0.324 e. The lowest BCUT2D eigenvalue weighted by atomic mass is 10.2. The Kier molecular flexibility index (Phi) is 5.57. The Hall–Kier alpha value is -2.32. The van der Waals surface area contributed by atoms with E-state index in [1.165, 1.54) is 28.8 Å². The van der Waals surface area contributed by atoms with Crippen LogP contribution in [0.4, 0.5) is 11.4 Å². The molecule has 0 bridgehead atoms. The van der Waals surface area contributed by atoms with Crippen molar-refractivity contribution in [3.8, 4) is 0 Å². The molecular weight excluding hydrogens is 384 g/mol. The maximum absolute atomic E-state index is 12.6. The molecule has 0 unspecified atom stereocenters. The molecule has 0 saturated carbocycles. The van der Waals surface area contributed by atoms with Crippen LogP contribution < -0.4 is 10.2 Å². The van der Waals surface area contributed by atoms with Crippen molar-refractivity contribution >= 4 is 44.8 Å². The number of fused-ring (bicyclic) bond motifs is 1. The Balaban J connectivity index is 1.69. The summed E-state index contributed by atoms with van der Waals surface area (Å²) in [5, 5.41) is 2.68. The molecule has 142 valence electrons. The lowest BCUT2D eigenvalue weighted by molar-refractivity contribution is -0.118. The predicted molar refractivity (Wildman–Crippen MR) is 107 cm³/mol. The maximum Gasteiger partial charge on any atom is 0.234 e. The Bertz CT molecular complexity index is 985. The van der Waals surface area contributed by atoms with Crippen LogP contribution in [0.3, 0.4) is 0 Å². The number of nitrogens with one attached hydrogen (secondary N) is 1. The van der Waals surface area contributed by atoms with Gasteiger partial charge in [-0.2, -0.15) is 0 Å². The summed E-state index contributed by atoms with van der Waals surface area (Å²) in [5.74, 6) is -0.401. The van der Waals surface area contributed by atoms with Gasteiger partial charge in [-0.15, -0.1) is 11.8 Å². The van der Waals surface area contributed by atoms with Crippen LogP contribution in [0.5, 0.6) is 0 Å². The average molecular weight is 405 g/mol. The van der Waals surface area contributed by atoms with Crippen LogP contribution in [0.2, 0.25) is 0 Å². The second kappa shape index (κ2) is 7.74. The zero-order valence-electron chi connectivity index (χ0n) is 15.1. The van der Waals surface area contributed by atoms with Gasteiger partial charge in [0.1, 0.15) is 0 Å². The quantitative estimate of drug-likeness (QED) is 0.828. The molecule has 27 heavy (non-hydrogen) atoms. The Morgan fingerprint density at radius 3 is 2.59 bits per heavy atom. The molecule has 8 heteroatoms. The summed E-state index contributed by atoms with van der Waals surface area (Å²) in [4.78, 5) is 26.3. The van der Waals surface area contributed by atoms with Crippen LogP contribution in [0.1, 0.15) is 12.0 Å². The number of thioether (sulfide) groups is 1. The topological polar surface area (TPSA) is 83.6 Å². The van der Waals surface area contributed by atoms with Gasteiger partial charge in [0.05, 0.1) is 22.1 Å². The number of aryl methyl sites for hydroxylation is 1. The van der Waals surface area contributed by atoms with Gasteiger partial charge >= 0.3 is 0 Å². The van der Waals surface area contributed by atoms with Gasteiger partial charge in [-0.05, 0) is 37.3 Å². The van der Waals surface area contributed by atoms with E-state index in [0.29, 0.717) is 11.4 Å². The van der Waals surface area contributed by atoms with Crippen LogP contribution in [0.25, 0.3) is 0 Å². The fourth-order valence-electron chi connectivity index (χ4n) is 2.68. The number of hydrogen-bond acceptors (Lipinski definition) is 5. The summed E-state index contributed by atoms with van der Waals surface area (Å²) in [6.07, 6.45) is -0.120. The molecule has 2 aromatic rings. The molecule has 0 aliphatic carbocycles. The van der Waals surface area contributed by atoms with Gasteiger partial charge in [0.15, 0.2) is 9.84 Å². The molecule has 3 rings (SSSR count). The summed E-state index contributed by atoms with van der Waals surface area (Å²) < 4.78 is 25.2. The molecule has 1 N–H and O–H groups in total. The Morgan fingerprint density at radius 1 is 1.19 bits per heavy atom. The Morgan fingerprint density at radius 2 is 1.89 bits per heavy atom.